The Morgan fingerprint density at radius 1 is 1.04 bits per heavy atom. The molecule has 130 valence electrons. The summed E-state index contributed by atoms with van der Waals surface area (Å²) in [6, 6.07) is 1.90. The Labute approximate surface area is 141 Å². The van der Waals surface area contributed by atoms with Crippen LogP contribution in [0, 0.1) is 11.3 Å². The van der Waals surface area contributed by atoms with Crippen LogP contribution in [0.5, 0.6) is 0 Å². The first kappa shape index (κ1) is 21.2. The van der Waals surface area contributed by atoms with Crippen LogP contribution in [0.25, 0.3) is 0 Å². The Bertz CT molecular complexity index is 404. The first-order valence-electron chi connectivity index (χ1n) is 8.89. The molecular weight excluding hydrogens is 288 g/mol. The topological polar surface area (TPSA) is 53.3 Å². The first-order chi connectivity index (χ1) is 11.2. The maximum absolute atomic E-state index is 11.8. The molecule has 0 rings (SSSR count). The van der Waals surface area contributed by atoms with Crippen LogP contribution < -0.4 is 0 Å². The molecule has 0 aromatic heterocycles. The number of ether oxygens (including phenoxy) is 1. The van der Waals surface area contributed by atoms with Crippen molar-refractivity contribution in [2.75, 3.05) is 19.7 Å². The van der Waals surface area contributed by atoms with Crippen LogP contribution in [0.15, 0.2) is 23.9 Å². The van der Waals surface area contributed by atoms with Crippen LogP contribution in [0.4, 0.5) is 0 Å². The van der Waals surface area contributed by atoms with Crippen molar-refractivity contribution in [1.29, 1.82) is 5.26 Å². The second kappa shape index (κ2) is 15.1. The highest BCUT2D eigenvalue weighted by atomic mass is 16.5. The fraction of sp³-hybridized carbons (Fsp3) is 0.684. The Morgan fingerprint density at radius 2 is 1.65 bits per heavy atom. The number of esters is 1. The van der Waals surface area contributed by atoms with Gasteiger partial charge in [-0.1, -0.05) is 45.4 Å². The van der Waals surface area contributed by atoms with Crippen LogP contribution in [0.3, 0.4) is 0 Å². The molecule has 0 heterocycles. The molecule has 0 radical (unpaired) electrons. The number of carbonyl (C=O) groups excluding carboxylic acids is 1. The van der Waals surface area contributed by atoms with Crippen molar-refractivity contribution in [3.05, 3.63) is 23.9 Å². The molecule has 0 spiro atoms. The number of rotatable bonds is 13. The highest BCUT2D eigenvalue weighted by Crippen LogP contribution is 2.07. The summed E-state index contributed by atoms with van der Waals surface area (Å²) < 4.78 is 5.16. The summed E-state index contributed by atoms with van der Waals surface area (Å²) in [4.78, 5) is 13.9. The zero-order valence-electron chi connectivity index (χ0n) is 15.0. The second-order valence-electron chi connectivity index (χ2n) is 5.51. The summed E-state index contributed by atoms with van der Waals surface area (Å²) in [6.45, 7) is 8.50. The molecule has 0 aliphatic carbocycles. The van der Waals surface area contributed by atoms with Gasteiger partial charge in [0.25, 0.3) is 0 Å². The van der Waals surface area contributed by atoms with E-state index in [9.17, 15) is 4.79 Å². The molecule has 4 heteroatoms. The number of hydrogen-bond acceptors (Lipinski definition) is 4. The van der Waals surface area contributed by atoms with Gasteiger partial charge in [0.15, 0.2) is 0 Å². The van der Waals surface area contributed by atoms with Gasteiger partial charge in [0.1, 0.15) is 11.6 Å². The molecule has 0 atom stereocenters. The number of carbonyl (C=O) groups is 1. The molecule has 4 nitrogen and oxygen atoms in total. The SMILES string of the molecule is CCCCCCCCCOC(=O)C(C#N)=CC=CN(CC)CC. The highest BCUT2D eigenvalue weighted by molar-refractivity contribution is 5.93. The van der Waals surface area contributed by atoms with Gasteiger partial charge in [-0.15, -0.1) is 0 Å². The van der Waals surface area contributed by atoms with Crippen LogP contribution in [-0.2, 0) is 9.53 Å². The van der Waals surface area contributed by atoms with E-state index in [1.165, 1.54) is 38.2 Å². The van der Waals surface area contributed by atoms with Gasteiger partial charge in [-0.05, 0) is 38.6 Å². The zero-order valence-corrected chi connectivity index (χ0v) is 15.0. The summed E-state index contributed by atoms with van der Waals surface area (Å²) in [5, 5.41) is 9.03. The second-order valence-corrected chi connectivity index (χ2v) is 5.51. The largest absolute Gasteiger partial charge is 0.462 e. The van der Waals surface area contributed by atoms with E-state index in [-0.39, 0.29) is 5.57 Å². The van der Waals surface area contributed by atoms with Crippen molar-refractivity contribution in [2.24, 2.45) is 0 Å². The maximum atomic E-state index is 11.8. The van der Waals surface area contributed by atoms with Crippen molar-refractivity contribution in [2.45, 2.75) is 65.7 Å². The normalized spacial score (nSPS) is 11.5. The minimum absolute atomic E-state index is 0.0522. The molecule has 0 saturated carbocycles. The van der Waals surface area contributed by atoms with Gasteiger partial charge in [-0.25, -0.2) is 4.79 Å². The van der Waals surface area contributed by atoms with Crippen molar-refractivity contribution in [3.8, 4) is 6.07 Å². The van der Waals surface area contributed by atoms with E-state index in [1.807, 2.05) is 12.3 Å². The molecular formula is C19H32N2O2. The van der Waals surface area contributed by atoms with E-state index in [0.717, 1.165) is 25.9 Å². The first-order valence-corrected chi connectivity index (χ1v) is 8.89. The Morgan fingerprint density at radius 3 is 2.22 bits per heavy atom. The van der Waals surface area contributed by atoms with Gasteiger partial charge in [-0.3, -0.25) is 0 Å². The molecule has 0 amide bonds. The number of nitrogens with zero attached hydrogens (tertiary/aromatic N) is 2. The molecule has 0 aliphatic rings. The lowest BCUT2D eigenvalue weighted by molar-refractivity contribution is -0.138. The zero-order chi connectivity index (χ0) is 17.3. The fourth-order valence-electron chi connectivity index (χ4n) is 2.15. The number of nitriles is 1. The van der Waals surface area contributed by atoms with E-state index < -0.39 is 5.97 Å². The molecule has 0 N–H and O–H groups in total. The lowest BCUT2D eigenvalue weighted by atomic mass is 10.1. The molecule has 0 aromatic rings. The summed E-state index contributed by atoms with van der Waals surface area (Å²) in [5.74, 6) is -0.525. The molecule has 0 aromatic carbocycles. The Balaban J connectivity index is 4.00. The third kappa shape index (κ3) is 11.5. The molecule has 0 unspecified atom stereocenters. The third-order valence-corrected chi connectivity index (χ3v) is 3.69. The lowest BCUT2D eigenvalue weighted by Crippen LogP contribution is -2.15. The summed E-state index contributed by atoms with van der Waals surface area (Å²) in [6.07, 6.45) is 13.3. The van der Waals surface area contributed by atoms with Gasteiger partial charge < -0.3 is 9.64 Å². The fourth-order valence-corrected chi connectivity index (χ4v) is 2.15. The minimum Gasteiger partial charge on any atom is -0.462 e. The minimum atomic E-state index is -0.525. The van der Waals surface area contributed by atoms with Crippen molar-refractivity contribution < 1.29 is 9.53 Å². The van der Waals surface area contributed by atoms with Crippen LogP contribution in [0.1, 0.15) is 65.7 Å². The van der Waals surface area contributed by atoms with Crippen LogP contribution in [-0.4, -0.2) is 30.6 Å². The molecule has 0 fully saturated rings. The third-order valence-electron chi connectivity index (χ3n) is 3.69. The molecule has 0 bridgehead atoms. The quantitative estimate of drug-likeness (QED) is 0.164. The summed E-state index contributed by atoms with van der Waals surface area (Å²) in [5.41, 5.74) is 0.0522. The summed E-state index contributed by atoms with van der Waals surface area (Å²) in [7, 11) is 0. The van der Waals surface area contributed by atoms with E-state index in [4.69, 9.17) is 10.00 Å². The smallest absolute Gasteiger partial charge is 0.348 e. The maximum Gasteiger partial charge on any atom is 0.348 e. The van der Waals surface area contributed by atoms with E-state index >= 15 is 0 Å². The number of hydrogen-bond donors (Lipinski definition) is 0. The van der Waals surface area contributed by atoms with Crippen molar-refractivity contribution >= 4 is 5.97 Å². The van der Waals surface area contributed by atoms with Gasteiger partial charge >= 0.3 is 5.97 Å². The van der Waals surface area contributed by atoms with E-state index in [0.29, 0.717) is 6.61 Å². The van der Waals surface area contributed by atoms with Gasteiger partial charge in [-0.2, -0.15) is 5.26 Å². The van der Waals surface area contributed by atoms with Crippen molar-refractivity contribution in [3.63, 3.8) is 0 Å². The van der Waals surface area contributed by atoms with Gasteiger partial charge in [0.05, 0.1) is 6.61 Å². The highest BCUT2D eigenvalue weighted by Gasteiger charge is 2.08. The monoisotopic (exact) mass is 320 g/mol. The number of unbranched alkanes of at least 4 members (excludes halogenated alkanes) is 6. The van der Waals surface area contributed by atoms with Crippen LogP contribution >= 0.6 is 0 Å². The molecule has 0 saturated heterocycles. The average molecular weight is 320 g/mol. The Hall–Kier alpha value is -1.76. The standard InChI is InChI=1S/C19H32N2O2/c1-4-7-8-9-10-11-12-16-23-19(22)18(17-20)14-13-15-21(5-2)6-3/h13-15H,4-12,16H2,1-3H3. The van der Waals surface area contributed by atoms with E-state index in [1.54, 1.807) is 6.08 Å². The summed E-state index contributed by atoms with van der Waals surface area (Å²) >= 11 is 0. The average Bonchev–Trinajstić information content (AvgIpc) is 2.57. The molecule has 23 heavy (non-hydrogen) atoms. The van der Waals surface area contributed by atoms with Gasteiger partial charge in [0, 0.05) is 13.1 Å². The molecule has 0 aliphatic heterocycles. The Kier molecular flexibility index (Phi) is 14.0. The van der Waals surface area contributed by atoms with E-state index in [2.05, 4.69) is 25.7 Å². The van der Waals surface area contributed by atoms with Gasteiger partial charge in [0.2, 0.25) is 0 Å². The lowest BCUT2D eigenvalue weighted by Gasteiger charge is -2.13. The predicted octanol–water partition coefficient (Wildman–Crippen LogP) is 4.59. The predicted molar refractivity (Wildman–Crippen MR) is 94.7 cm³/mol. The number of allylic oxidation sites excluding steroid dienone is 2. The van der Waals surface area contributed by atoms with Crippen LogP contribution in [0.2, 0.25) is 0 Å². The van der Waals surface area contributed by atoms with Crippen molar-refractivity contribution in [1.82, 2.24) is 4.90 Å².